The molecule has 0 unspecified atom stereocenters. The first kappa shape index (κ1) is 8.87. The van der Waals surface area contributed by atoms with Crippen LogP contribution in [0.15, 0.2) is 23.3 Å². The van der Waals surface area contributed by atoms with E-state index in [-0.39, 0.29) is 0 Å². The lowest BCUT2D eigenvalue weighted by Gasteiger charge is -2.02. The highest BCUT2D eigenvalue weighted by atomic mass is 35.5. The summed E-state index contributed by atoms with van der Waals surface area (Å²) in [5, 5.41) is 3.96. The third-order valence-corrected chi connectivity index (χ3v) is 1.71. The molecule has 0 atom stereocenters. The number of nitrogens with two attached hydrogens (primary N) is 1. The second kappa shape index (κ2) is 3.97. The fourth-order valence-corrected chi connectivity index (χ4v) is 1.04. The van der Waals surface area contributed by atoms with Crippen LogP contribution in [0, 0.1) is 0 Å². The lowest BCUT2D eigenvalue weighted by molar-refractivity contribution is 0.415. The molecule has 0 aliphatic carbocycles. The maximum Gasteiger partial charge on any atom is 0.138 e. The normalized spacial score (nSPS) is 10.5. The van der Waals surface area contributed by atoms with E-state index in [0.717, 1.165) is 5.56 Å². The number of hydrogen-bond acceptors (Lipinski definition) is 3. The number of nitrogens with zero attached hydrogens (tertiary/aromatic N) is 1. The summed E-state index contributed by atoms with van der Waals surface area (Å²) >= 11 is 5.80. The number of methoxy groups -OCH3 is 1. The first-order valence-electron chi connectivity index (χ1n) is 3.34. The molecule has 0 aromatic heterocycles. The van der Waals surface area contributed by atoms with E-state index in [1.807, 2.05) is 0 Å². The van der Waals surface area contributed by atoms with Crippen molar-refractivity contribution in [1.82, 2.24) is 0 Å². The molecule has 0 aliphatic heterocycles. The summed E-state index contributed by atoms with van der Waals surface area (Å²) in [5.41, 5.74) is 0.860. The molecular weight excluding hydrogens is 176 g/mol. The Kier molecular flexibility index (Phi) is 2.94. The van der Waals surface area contributed by atoms with Gasteiger partial charge in [0.15, 0.2) is 0 Å². The van der Waals surface area contributed by atoms with Gasteiger partial charge < -0.3 is 10.6 Å². The van der Waals surface area contributed by atoms with Gasteiger partial charge >= 0.3 is 0 Å². The zero-order valence-corrected chi connectivity index (χ0v) is 7.38. The molecule has 3 nitrogen and oxygen atoms in total. The van der Waals surface area contributed by atoms with Gasteiger partial charge in [0.25, 0.3) is 0 Å². The first-order valence-corrected chi connectivity index (χ1v) is 3.72. The Morgan fingerprint density at radius 3 is 2.92 bits per heavy atom. The molecule has 0 fully saturated rings. The highest BCUT2D eigenvalue weighted by molar-refractivity contribution is 6.32. The van der Waals surface area contributed by atoms with Gasteiger partial charge in [-0.3, -0.25) is 0 Å². The Morgan fingerprint density at radius 1 is 1.58 bits per heavy atom. The van der Waals surface area contributed by atoms with E-state index >= 15 is 0 Å². The summed E-state index contributed by atoms with van der Waals surface area (Å²) in [6, 6.07) is 5.30. The van der Waals surface area contributed by atoms with Crippen LogP contribution >= 0.6 is 11.6 Å². The van der Waals surface area contributed by atoms with Gasteiger partial charge in [-0.25, -0.2) is 0 Å². The number of benzene rings is 1. The lowest BCUT2D eigenvalue weighted by Crippen LogP contribution is -1.89. The van der Waals surface area contributed by atoms with Crippen molar-refractivity contribution in [3.8, 4) is 5.75 Å². The molecule has 0 aliphatic rings. The quantitative estimate of drug-likeness (QED) is 0.432. The van der Waals surface area contributed by atoms with Gasteiger partial charge in [-0.05, 0) is 17.7 Å². The number of halogens is 1. The van der Waals surface area contributed by atoms with Crippen LogP contribution in [0.25, 0.3) is 0 Å². The van der Waals surface area contributed by atoms with Crippen LogP contribution in [0.4, 0.5) is 0 Å². The van der Waals surface area contributed by atoms with E-state index in [0.29, 0.717) is 10.8 Å². The minimum Gasteiger partial charge on any atom is -0.495 e. The van der Waals surface area contributed by atoms with Crippen LogP contribution in [0.2, 0.25) is 5.02 Å². The fourth-order valence-electron chi connectivity index (χ4n) is 0.843. The Hall–Kier alpha value is -1.22. The molecular formula is C8H9ClN2O. The van der Waals surface area contributed by atoms with E-state index in [2.05, 4.69) is 5.10 Å². The predicted octanol–water partition coefficient (Wildman–Crippen LogP) is 1.64. The van der Waals surface area contributed by atoms with Crippen LogP contribution in [0.3, 0.4) is 0 Å². The molecule has 1 aromatic rings. The maximum absolute atomic E-state index is 5.80. The molecule has 4 heteroatoms. The molecule has 1 aromatic carbocycles. The van der Waals surface area contributed by atoms with Gasteiger partial charge in [-0.1, -0.05) is 17.7 Å². The monoisotopic (exact) mass is 184 g/mol. The highest BCUT2D eigenvalue weighted by Gasteiger charge is 1.99. The first-order chi connectivity index (χ1) is 5.77. The van der Waals surface area contributed by atoms with Crippen molar-refractivity contribution in [2.75, 3.05) is 7.11 Å². The van der Waals surface area contributed by atoms with E-state index in [1.165, 1.54) is 6.21 Å². The molecule has 0 heterocycles. The smallest absolute Gasteiger partial charge is 0.138 e. The topological polar surface area (TPSA) is 47.6 Å². The molecule has 1 rings (SSSR count). The number of rotatable bonds is 2. The standard InChI is InChI=1S/C8H9ClN2O/c1-12-8-4-6(5-11-10)2-3-7(8)9/h2-5H,10H2,1H3. The number of hydrogen-bond donors (Lipinski definition) is 1. The summed E-state index contributed by atoms with van der Waals surface area (Å²) < 4.78 is 5.00. The minimum atomic E-state index is 0.576. The zero-order valence-electron chi connectivity index (χ0n) is 6.62. The number of ether oxygens (including phenoxy) is 1. The Balaban J connectivity index is 3.05. The third-order valence-electron chi connectivity index (χ3n) is 1.40. The van der Waals surface area contributed by atoms with E-state index in [1.54, 1.807) is 25.3 Å². The van der Waals surface area contributed by atoms with Crippen LogP contribution < -0.4 is 10.6 Å². The minimum absolute atomic E-state index is 0.576. The van der Waals surface area contributed by atoms with Crippen molar-refractivity contribution in [1.29, 1.82) is 0 Å². The molecule has 0 spiro atoms. The highest BCUT2D eigenvalue weighted by Crippen LogP contribution is 2.24. The van der Waals surface area contributed by atoms with Gasteiger partial charge in [-0.2, -0.15) is 5.10 Å². The molecule has 0 saturated carbocycles. The summed E-state index contributed by atoms with van der Waals surface area (Å²) in [4.78, 5) is 0. The molecule has 64 valence electrons. The van der Waals surface area contributed by atoms with Crippen LogP contribution in [0.1, 0.15) is 5.56 Å². The Labute approximate surface area is 75.8 Å². The fraction of sp³-hybridized carbons (Fsp3) is 0.125. The lowest BCUT2D eigenvalue weighted by atomic mass is 10.2. The van der Waals surface area contributed by atoms with E-state index < -0.39 is 0 Å². The van der Waals surface area contributed by atoms with Crippen molar-refractivity contribution in [2.24, 2.45) is 10.9 Å². The average Bonchev–Trinajstić information content (AvgIpc) is 2.09. The predicted molar refractivity (Wildman–Crippen MR) is 49.8 cm³/mol. The molecule has 12 heavy (non-hydrogen) atoms. The summed E-state index contributed by atoms with van der Waals surface area (Å²) in [7, 11) is 1.56. The summed E-state index contributed by atoms with van der Waals surface area (Å²) in [6.07, 6.45) is 1.53. The van der Waals surface area contributed by atoms with Crippen LogP contribution in [-0.2, 0) is 0 Å². The van der Waals surface area contributed by atoms with Gasteiger partial charge in [0.1, 0.15) is 5.75 Å². The average molecular weight is 185 g/mol. The maximum atomic E-state index is 5.80. The molecule has 0 radical (unpaired) electrons. The van der Waals surface area contributed by atoms with Crippen molar-refractivity contribution in [3.63, 3.8) is 0 Å². The van der Waals surface area contributed by atoms with Gasteiger partial charge in [0.2, 0.25) is 0 Å². The van der Waals surface area contributed by atoms with Gasteiger partial charge in [0.05, 0.1) is 18.3 Å². The van der Waals surface area contributed by atoms with Crippen molar-refractivity contribution in [3.05, 3.63) is 28.8 Å². The Bertz CT molecular complexity index is 299. The summed E-state index contributed by atoms with van der Waals surface area (Å²) in [6.45, 7) is 0. The Morgan fingerprint density at radius 2 is 2.33 bits per heavy atom. The molecule has 2 N–H and O–H groups in total. The second-order valence-corrected chi connectivity index (χ2v) is 2.58. The van der Waals surface area contributed by atoms with E-state index in [4.69, 9.17) is 22.2 Å². The van der Waals surface area contributed by atoms with Crippen LogP contribution in [-0.4, -0.2) is 13.3 Å². The van der Waals surface area contributed by atoms with Crippen molar-refractivity contribution >= 4 is 17.8 Å². The van der Waals surface area contributed by atoms with Crippen molar-refractivity contribution < 1.29 is 4.74 Å². The van der Waals surface area contributed by atoms with Gasteiger partial charge in [0, 0.05) is 0 Å². The largest absolute Gasteiger partial charge is 0.495 e. The summed E-state index contributed by atoms with van der Waals surface area (Å²) in [5.74, 6) is 5.61. The van der Waals surface area contributed by atoms with Gasteiger partial charge in [-0.15, -0.1) is 0 Å². The van der Waals surface area contributed by atoms with E-state index in [9.17, 15) is 0 Å². The third kappa shape index (κ3) is 1.89. The second-order valence-electron chi connectivity index (χ2n) is 2.17. The SMILES string of the molecule is COc1cc(C=NN)ccc1Cl. The zero-order chi connectivity index (χ0) is 8.97. The molecule has 0 saturated heterocycles. The molecule has 0 bridgehead atoms. The van der Waals surface area contributed by atoms with Crippen molar-refractivity contribution in [2.45, 2.75) is 0 Å². The molecule has 0 amide bonds. The number of hydrazone groups is 1. The van der Waals surface area contributed by atoms with Crippen LogP contribution in [0.5, 0.6) is 5.75 Å².